The van der Waals surface area contributed by atoms with E-state index in [9.17, 15) is 8.78 Å². The standard InChI is InChI=1S/C17H18F2N6O.C2H6/c18-15(19)10-26-12-7-21-17-13(8-22-25(17)9-12)14-2-1-3-16(24-14)23-11-4-5-20-6-11;1-2/h1-3,7-9,11,15,20H,4-6,10H2,(H,23,24);1-2H3. The van der Waals surface area contributed by atoms with Crippen molar-refractivity contribution in [2.45, 2.75) is 32.7 Å². The summed E-state index contributed by atoms with van der Waals surface area (Å²) in [7, 11) is 0. The SMILES string of the molecule is CC.FC(F)COc1cnc2c(-c3cccc(NC4CCNC4)n3)cnn2c1. The molecule has 1 saturated heterocycles. The zero-order valence-electron chi connectivity index (χ0n) is 15.9. The highest BCUT2D eigenvalue weighted by molar-refractivity contribution is 5.75. The molecule has 0 saturated carbocycles. The Morgan fingerprint density at radius 1 is 1.32 bits per heavy atom. The summed E-state index contributed by atoms with van der Waals surface area (Å²) in [5, 5.41) is 11.0. The molecule has 0 bridgehead atoms. The molecular formula is C19H24F2N6O. The Balaban J connectivity index is 0.00000109. The summed E-state index contributed by atoms with van der Waals surface area (Å²) in [4.78, 5) is 8.94. The maximum absolute atomic E-state index is 12.3. The van der Waals surface area contributed by atoms with Crippen LogP contribution in [0.25, 0.3) is 16.9 Å². The summed E-state index contributed by atoms with van der Waals surface area (Å²) in [6.45, 7) is 5.25. The molecule has 28 heavy (non-hydrogen) atoms. The molecule has 4 rings (SSSR count). The topological polar surface area (TPSA) is 76.4 Å². The molecule has 3 aromatic heterocycles. The molecule has 1 unspecified atom stereocenters. The first kappa shape index (κ1) is 19.9. The van der Waals surface area contributed by atoms with Crippen molar-refractivity contribution in [1.29, 1.82) is 0 Å². The van der Waals surface area contributed by atoms with Crippen molar-refractivity contribution in [3.8, 4) is 17.0 Å². The first-order valence-electron chi connectivity index (χ1n) is 9.38. The van der Waals surface area contributed by atoms with Crippen molar-refractivity contribution in [3.05, 3.63) is 36.8 Å². The van der Waals surface area contributed by atoms with Gasteiger partial charge in [0.1, 0.15) is 12.4 Å². The number of anilines is 1. The highest BCUT2D eigenvalue weighted by Gasteiger charge is 2.16. The highest BCUT2D eigenvalue weighted by Crippen LogP contribution is 2.24. The number of nitrogens with zero attached hydrogens (tertiary/aromatic N) is 4. The number of aromatic nitrogens is 4. The van der Waals surface area contributed by atoms with Crippen LogP contribution in [0.3, 0.4) is 0 Å². The molecule has 0 amide bonds. The smallest absolute Gasteiger partial charge is 0.272 e. The number of hydrogen-bond acceptors (Lipinski definition) is 6. The van der Waals surface area contributed by atoms with Gasteiger partial charge in [-0.2, -0.15) is 5.10 Å². The van der Waals surface area contributed by atoms with E-state index in [0.717, 1.165) is 36.6 Å². The van der Waals surface area contributed by atoms with Crippen LogP contribution in [0.4, 0.5) is 14.6 Å². The third-order valence-corrected chi connectivity index (χ3v) is 4.15. The van der Waals surface area contributed by atoms with Crippen LogP contribution in [0.1, 0.15) is 20.3 Å². The Hall–Kier alpha value is -2.81. The molecule has 150 valence electrons. The van der Waals surface area contributed by atoms with E-state index in [2.05, 4.69) is 25.7 Å². The lowest BCUT2D eigenvalue weighted by molar-refractivity contribution is 0.0814. The average molecular weight is 390 g/mol. The van der Waals surface area contributed by atoms with Gasteiger partial charge in [0.15, 0.2) is 11.4 Å². The minimum absolute atomic E-state index is 0.240. The van der Waals surface area contributed by atoms with Crippen molar-refractivity contribution in [3.63, 3.8) is 0 Å². The van der Waals surface area contributed by atoms with Crippen LogP contribution in [0.5, 0.6) is 5.75 Å². The van der Waals surface area contributed by atoms with E-state index < -0.39 is 13.0 Å². The molecule has 0 radical (unpaired) electrons. The monoisotopic (exact) mass is 390 g/mol. The fourth-order valence-corrected chi connectivity index (χ4v) is 2.92. The first-order chi connectivity index (χ1) is 13.7. The highest BCUT2D eigenvalue weighted by atomic mass is 19.3. The van der Waals surface area contributed by atoms with Gasteiger partial charge in [0.05, 0.1) is 29.8 Å². The van der Waals surface area contributed by atoms with Gasteiger partial charge in [0.2, 0.25) is 0 Å². The Morgan fingerprint density at radius 3 is 2.93 bits per heavy atom. The van der Waals surface area contributed by atoms with Crippen LogP contribution in [0, 0.1) is 0 Å². The summed E-state index contributed by atoms with van der Waals surface area (Å²) in [5.74, 6) is 1.04. The van der Waals surface area contributed by atoms with Crippen LogP contribution in [-0.2, 0) is 0 Å². The molecular weight excluding hydrogens is 366 g/mol. The maximum atomic E-state index is 12.3. The van der Waals surface area contributed by atoms with Crippen LogP contribution < -0.4 is 15.4 Å². The summed E-state index contributed by atoms with van der Waals surface area (Å²) in [6, 6.07) is 6.11. The Morgan fingerprint density at radius 2 is 2.18 bits per heavy atom. The third kappa shape index (κ3) is 4.72. The van der Waals surface area contributed by atoms with Gasteiger partial charge < -0.3 is 15.4 Å². The van der Waals surface area contributed by atoms with Crippen LogP contribution in [0.15, 0.2) is 36.8 Å². The predicted octanol–water partition coefficient (Wildman–Crippen LogP) is 3.24. The molecule has 1 aliphatic rings. The van der Waals surface area contributed by atoms with Gasteiger partial charge in [0.25, 0.3) is 6.43 Å². The van der Waals surface area contributed by atoms with Crippen LogP contribution in [0.2, 0.25) is 0 Å². The van der Waals surface area contributed by atoms with Gasteiger partial charge in [-0.05, 0) is 25.1 Å². The summed E-state index contributed by atoms with van der Waals surface area (Å²) in [6.07, 6.45) is 3.12. The average Bonchev–Trinajstić information content (AvgIpc) is 3.37. The van der Waals surface area contributed by atoms with E-state index in [0.29, 0.717) is 11.7 Å². The van der Waals surface area contributed by atoms with Gasteiger partial charge in [-0.1, -0.05) is 19.9 Å². The van der Waals surface area contributed by atoms with E-state index in [1.165, 1.54) is 16.9 Å². The third-order valence-electron chi connectivity index (χ3n) is 4.15. The van der Waals surface area contributed by atoms with E-state index in [4.69, 9.17) is 4.74 Å². The number of ether oxygens (including phenoxy) is 1. The minimum Gasteiger partial charge on any atom is -0.484 e. The van der Waals surface area contributed by atoms with E-state index >= 15 is 0 Å². The lowest BCUT2D eigenvalue weighted by Crippen LogP contribution is -2.22. The van der Waals surface area contributed by atoms with Gasteiger partial charge in [-0.3, -0.25) is 0 Å². The predicted molar refractivity (Wildman–Crippen MR) is 104 cm³/mol. The fourth-order valence-electron chi connectivity index (χ4n) is 2.92. The summed E-state index contributed by atoms with van der Waals surface area (Å²) < 4.78 is 31.0. The van der Waals surface area contributed by atoms with Crippen LogP contribution in [-0.4, -0.2) is 51.7 Å². The van der Waals surface area contributed by atoms with Gasteiger partial charge in [0, 0.05) is 12.6 Å². The largest absolute Gasteiger partial charge is 0.484 e. The molecule has 0 aromatic carbocycles. The number of pyridine rings is 1. The lowest BCUT2D eigenvalue weighted by Gasteiger charge is -2.12. The molecule has 1 fully saturated rings. The van der Waals surface area contributed by atoms with Gasteiger partial charge in [-0.25, -0.2) is 23.3 Å². The molecule has 0 spiro atoms. The van der Waals surface area contributed by atoms with Crippen molar-refractivity contribution in [1.82, 2.24) is 24.9 Å². The van der Waals surface area contributed by atoms with Crippen molar-refractivity contribution in [2.75, 3.05) is 25.0 Å². The fraction of sp³-hybridized carbons (Fsp3) is 0.421. The minimum atomic E-state index is -2.53. The molecule has 7 nitrogen and oxygen atoms in total. The summed E-state index contributed by atoms with van der Waals surface area (Å²) >= 11 is 0. The van der Waals surface area contributed by atoms with E-state index in [-0.39, 0.29) is 5.75 Å². The maximum Gasteiger partial charge on any atom is 0.272 e. The molecule has 1 aliphatic heterocycles. The first-order valence-corrected chi connectivity index (χ1v) is 9.38. The number of rotatable bonds is 6. The number of alkyl halides is 2. The second-order valence-electron chi connectivity index (χ2n) is 6.06. The molecule has 3 aromatic rings. The van der Waals surface area contributed by atoms with Gasteiger partial charge in [-0.15, -0.1) is 0 Å². The Bertz CT molecular complexity index is 895. The van der Waals surface area contributed by atoms with Crippen LogP contribution >= 0.6 is 0 Å². The quantitative estimate of drug-likeness (QED) is 0.673. The van der Waals surface area contributed by atoms with E-state index in [1.807, 2.05) is 32.0 Å². The van der Waals surface area contributed by atoms with Gasteiger partial charge >= 0.3 is 0 Å². The molecule has 1 atom stereocenters. The molecule has 9 heteroatoms. The summed E-state index contributed by atoms with van der Waals surface area (Å²) in [5.41, 5.74) is 2.09. The van der Waals surface area contributed by atoms with E-state index in [1.54, 1.807) is 6.20 Å². The molecule has 4 heterocycles. The Labute approximate surface area is 162 Å². The number of nitrogens with one attached hydrogen (secondary N) is 2. The number of fused-ring (bicyclic) bond motifs is 1. The second kappa shape index (κ2) is 9.41. The van der Waals surface area contributed by atoms with Crippen molar-refractivity contribution < 1.29 is 13.5 Å². The number of halogens is 2. The second-order valence-corrected chi connectivity index (χ2v) is 6.06. The zero-order valence-corrected chi connectivity index (χ0v) is 15.9. The Kier molecular flexibility index (Phi) is 6.70. The van der Waals surface area contributed by atoms with Crippen molar-refractivity contribution in [2.24, 2.45) is 0 Å². The lowest BCUT2D eigenvalue weighted by atomic mass is 10.2. The molecule has 2 N–H and O–H groups in total. The van der Waals surface area contributed by atoms with Crippen molar-refractivity contribution >= 4 is 11.5 Å². The number of hydrogen-bond donors (Lipinski definition) is 2. The normalized spacial score (nSPS) is 16.1. The zero-order chi connectivity index (χ0) is 19.9. The molecule has 0 aliphatic carbocycles.